The molecule has 2 rings (SSSR count). The van der Waals surface area contributed by atoms with E-state index in [1.165, 1.54) is 32.4 Å². The van der Waals surface area contributed by atoms with Crippen molar-refractivity contribution >= 4 is 5.97 Å². The molecule has 0 spiro atoms. The highest BCUT2D eigenvalue weighted by Crippen LogP contribution is 2.43. The van der Waals surface area contributed by atoms with Crippen molar-refractivity contribution in [1.82, 2.24) is 10.2 Å². The number of nitrogens with one attached hydrogen (secondary N) is 1. The normalized spacial score (nSPS) is 11.3. The maximum absolute atomic E-state index is 13.8. The second-order valence-electron chi connectivity index (χ2n) is 4.62. The number of ether oxygens (including phenoxy) is 2. The van der Waals surface area contributed by atoms with Crippen molar-refractivity contribution in [2.75, 3.05) is 14.2 Å². The number of hydrogen-bond donors (Lipinski definition) is 2. The molecule has 0 saturated carbocycles. The smallest absolute Gasteiger partial charge is 0.353 e. The van der Waals surface area contributed by atoms with Crippen LogP contribution in [0.15, 0.2) is 18.2 Å². The lowest BCUT2D eigenvalue weighted by atomic mass is 10.0. The van der Waals surface area contributed by atoms with Gasteiger partial charge < -0.3 is 14.6 Å². The summed E-state index contributed by atoms with van der Waals surface area (Å²) in [6, 6.07) is 3.90. The molecule has 118 valence electrons. The van der Waals surface area contributed by atoms with Gasteiger partial charge in [0.1, 0.15) is 5.69 Å². The number of carboxylic acid groups (broad SMARTS) is 1. The third-order valence-corrected chi connectivity index (χ3v) is 3.06. The van der Waals surface area contributed by atoms with Gasteiger partial charge in [-0.05, 0) is 18.2 Å². The minimum absolute atomic E-state index is 0.0762. The monoisotopic (exact) mass is 312 g/mol. The van der Waals surface area contributed by atoms with Crippen LogP contribution < -0.4 is 9.47 Å². The SMILES string of the molecule is COc1cc(-c2cc(C(=O)O)[nH]n2)cc(C(C)(F)F)c1OC. The maximum atomic E-state index is 13.8. The molecule has 6 nitrogen and oxygen atoms in total. The first-order valence-electron chi connectivity index (χ1n) is 6.21. The van der Waals surface area contributed by atoms with E-state index >= 15 is 0 Å². The van der Waals surface area contributed by atoms with E-state index in [2.05, 4.69) is 10.2 Å². The molecule has 0 atom stereocenters. The fourth-order valence-electron chi connectivity index (χ4n) is 2.02. The summed E-state index contributed by atoms with van der Waals surface area (Å²) in [7, 11) is 2.59. The van der Waals surface area contributed by atoms with Crippen molar-refractivity contribution in [3.63, 3.8) is 0 Å². The van der Waals surface area contributed by atoms with E-state index in [-0.39, 0.29) is 34.0 Å². The predicted molar refractivity (Wildman–Crippen MR) is 73.7 cm³/mol. The maximum Gasteiger partial charge on any atom is 0.353 e. The van der Waals surface area contributed by atoms with Crippen LogP contribution in [0.3, 0.4) is 0 Å². The minimum Gasteiger partial charge on any atom is -0.493 e. The van der Waals surface area contributed by atoms with E-state index < -0.39 is 11.9 Å². The van der Waals surface area contributed by atoms with Crippen LogP contribution in [0.2, 0.25) is 0 Å². The zero-order valence-corrected chi connectivity index (χ0v) is 12.1. The molecule has 0 saturated heterocycles. The molecule has 0 fully saturated rings. The lowest BCUT2D eigenvalue weighted by molar-refractivity contribution is 0.0147. The Kier molecular flexibility index (Phi) is 4.03. The van der Waals surface area contributed by atoms with Gasteiger partial charge in [0.25, 0.3) is 5.92 Å². The third kappa shape index (κ3) is 2.85. The number of alkyl halides is 2. The Morgan fingerprint density at radius 2 is 1.95 bits per heavy atom. The first-order valence-corrected chi connectivity index (χ1v) is 6.21. The summed E-state index contributed by atoms with van der Waals surface area (Å²) in [4.78, 5) is 10.9. The zero-order valence-electron chi connectivity index (χ0n) is 12.1. The van der Waals surface area contributed by atoms with Crippen LogP contribution in [0.5, 0.6) is 11.5 Å². The van der Waals surface area contributed by atoms with Gasteiger partial charge in [-0.25, -0.2) is 13.6 Å². The summed E-state index contributed by atoms with van der Waals surface area (Å²) in [6.07, 6.45) is 0. The second-order valence-corrected chi connectivity index (χ2v) is 4.62. The van der Waals surface area contributed by atoms with Crippen molar-refractivity contribution < 1.29 is 28.2 Å². The first-order chi connectivity index (χ1) is 10.3. The lowest BCUT2D eigenvalue weighted by Crippen LogP contribution is -2.10. The molecule has 0 unspecified atom stereocenters. The van der Waals surface area contributed by atoms with Crippen molar-refractivity contribution in [3.8, 4) is 22.8 Å². The Bertz CT molecular complexity index is 707. The van der Waals surface area contributed by atoms with Crippen LogP contribution in [-0.4, -0.2) is 35.5 Å². The molecule has 8 heteroatoms. The van der Waals surface area contributed by atoms with Gasteiger partial charge in [0.2, 0.25) is 0 Å². The molecule has 2 aromatic rings. The van der Waals surface area contributed by atoms with E-state index in [4.69, 9.17) is 14.6 Å². The van der Waals surface area contributed by atoms with Gasteiger partial charge in [-0.3, -0.25) is 5.10 Å². The molecule has 0 bridgehead atoms. The van der Waals surface area contributed by atoms with Crippen LogP contribution in [0.25, 0.3) is 11.3 Å². The fourth-order valence-corrected chi connectivity index (χ4v) is 2.02. The zero-order chi connectivity index (χ0) is 16.5. The highest BCUT2D eigenvalue weighted by molar-refractivity contribution is 5.87. The number of carbonyl (C=O) groups is 1. The summed E-state index contributed by atoms with van der Waals surface area (Å²) in [5, 5.41) is 15.0. The Morgan fingerprint density at radius 3 is 2.41 bits per heavy atom. The largest absolute Gasteiger partial charge is 0.493 e. The van der Waals surface area contributed by atoms with Crippen molar-refractivity contribution in [2.24, 2.45) is 0 Å². The number of halogens is 2. The first kappa shape index (κ1) is 15.7. The predicted octanol–water partition coefficient (Wildman–Crippen LogP) is 2.90. The number of carboxylic acids is 1. The van der Waals surface area contributed by atoms with Crippen LogP contribution in [0.4, 0.5) is 8.78 Å². The number of nitrogens with zero attached hydrogens (tertiary/aromatic N) is 1. The molecule has 1 heterocycles. The quantitative estimate of drug-likeness (QED) is 0.887. The third-order valence-electron chi connectivity index (χ3n) is 3.06. The average Bonchev–Trinajstić information content (AvgIpc) is 2.94. The van der Waals surface area contributed by atoms with E-state index in [0.29, 0.717) is 0 Å². The number of H-pyrrole nitrogens is 1. The van der Waals surface area contributed by atoms with Crippen LogP contribution in [0, 0.1) is 0 Å². The van der Waals surface area contributed by atoms with Gasteiger partial charge >= 0.3 is 5.97 Å². The average molecular weight is 312 g/mol. The Hall–Kier alpha value is -2.64. The molecule has 0 radical (unpaired) electrons. The van der Waals surface area contributed by atoms with Crippen molar-refractivity contribution in [1.29, 1.82) is 0 Å². The number of rotatable bonds is 5. The van der Waals surface area contributed by atoms with E-state index in [9.17, 15) is 13.6 Å². The van der Waals surface area contributed by atoms with Crippen molar-refractivity contribution in [2.45, 2.75) is 12.8 Å². The summed E-state index contributed by atoms with van der Waals surface area (Å²) in [5.41, 5.74) is -0.0133. The molecule has 0 aliphatic heterocycles. The molecular weight excluding hydrogens is 298 g/mol. The van der Waals surface area contributed by atoms with Gasteiger partial charge in [-0.2, -0.15) is 5.10 Å². The van der Waals surface area contributed by atoms with E-state index in [1.54, 1.807) is 0 Å². The van der Waals surface area contributed by atoms with Gasteiger partial charge in [-0.1, -0.05) is 0 Å². The summed E-state index contributed by atoms with van der Waals surface area (Å²) >= 11 is 0. The number of hydrogen-bond acceptors (Lipinski definition) is 4. The molecular formula is C14H14F2N2O4. The molecule has 0 aliphatic carbocycles. The van der Waals surface area contributed by atoms with Crippen LogP contribution >= 0.6 is 0 Å². The lowest BCUT2D eigenvalue weighted by Gasteiger charge is -2.18. The van der Waals surface area contributed by atoms with E-state index in [1.807, 2.05) is 0 Å². The molecule has 0 aliphatic rings. The summed E-state index contributed by atoms with van der Waals surface area (Å²) in [5.74, 6) is -4.33. The van der Waals surface area contributed by atoms with Crippen LogP contribution in [0.1, 0.15) is 23.0 Å². The Morgan fingerprint density at radius 1 is 1.27 bits per heavy atom. The molecule has 1 aromatic heterocycles. The van der Waals surface area contributed by atoms with Gasteiger partial charge in [0.15, 0.2) is 11.5 Å². The van der Waals surface area contributed by atoms with E-state index in [0.717, 1.165) is 6.92 Å². The van der Waals surface area contributed by atoms with Gasteiger partial charge in [0, 0.05) is 12.5 Å². The number of methoxy groups -OCH3 is 2. The number of aromatic nitrogens is 2. The molecule has 1 aromatic carbocycles. The second kappa shape index (κ2) is 5.63. The Labute approximate surface area is 124 Å². The molecule has 2 N–H and O–H groups in total. The van der Waals surface area contributed by atoms with Gasteiger partial charge in [-0.15, -0.1) is 0 Å². The highest BCUT2D eigenvalue weighted by atomic mass is 19.3. The highest BCUT2D eigenvalue weighted by Gasteiger charge is 2.31. The number of benzene rings is 1. The topological polar surface area (TPSA) is 84.4 Å². The Balaban J connectivity index is 2.64. The number of aromatic amines is 1. The van der Waals surface area contributed by atoms with Gasteiger partial charge in [0.05, 0.1) is 25.5 Å². The summed E-state index contributed by atoms with van der Waals surface area (Å²) in [6.45, 7) is 0.737. The molecule has 0 amide bonds. The van der Waals surface area contributed by atoms with Crippen LogP contribution in [-0.2, 0) is 5.92 Å². The molecule has 22 heavy (non-hydrogen) atoms. The minimum atomic E-state index is -3.17. The summed E-state index contributed by atoms with van der Waals surface area (Å²) < 4.78 is 37.7. The standard InChI is InChI=1S/C14H14F2N2O4/c1-14(15,16)8-4-7(5-11(21-2)12(8)22-3)9-6-10(13(19)20)18-17-9/h4-6H,1-3H3,(H,17,18)(H,19,20). The number of aromatic carboxylic acids is 1. The fraction of sp³-hybridized carbons (Fsp3) is 0.286. The van der Waals surface area contributed by atoms with Crippen molar-refractivity contribution in [3.05, 3.63) is 29.5 Å².